The van der Waals surface area contributed by atoms with E-state index in [1.807, 2.05) is 25.1 Å². The van der Waals surface area contributed by atoms with Gasteiger partial charge in [-0.15, -0.1) is 0 Å². The molecule has 140 valence electrons. The summed E-state index contributed by atoms with van der Waals surface area (Å²) in [7, 11) is 0. The number of aromatic nitrogens is 3. The number of hydrogen-bond donors (Lipinski definition) is 1. The van der Waals surface area contributed by atoms with E-state index in [0.717, 1.165) is 60.5 Å². The number of para-hydroxylation sites is 1. The molecule has 1 N–H and O–H groups in total. The Morgan fingerprint density at radius 1 is 1.26 bits per heavy atom. The number of anilines is 2. The van der Waals surface area contributed by atoms with Crippen LogP contribution in [-0.2, 0) is 11.2 Å². The van der Waals surface area contributed by atoms with Crippen LogP contribution in [0.2, 0.25) is 0 Å². The van der Waals surface area contributed by atoms with Crippen LogP contribution in [0.5, 0.6) is 0 Å². The summed E-state index contributed by atoms with van der Waals surface area (Å²) in [6.45, 7) is 5.52. The number of amides is 1. The van der Waals surface area contributed by atoms with Crippen molar-refractivity contribution in [2.45, 2.75) is 33.1 Å². The number of carbonyl (C=O) groups excluding carboxylic acids is 1. The summed E-state index contributed by atoms with van der Waals surface area (Å²) in [6.07, 6.45) is 3.98. The molecule has 4 rings (SSSR count). The van der Waals surface area contributed by atoms with Crippen LogP contribution in [-0.4, -0.2) is 34.1 Å². The monoisotopic (exact) mass is 365 g/mol. The Labute approximate surface area is 157 Å². The summed E-state index contributed by atoms with van der Waals surface area (Å²) in [5.41, 5.74) is 3.38. The molecule has 0 bridgehead atoms. The molecule has 0 aliphatic carbocycles. The Morgan fingerprint density at radius 3 is 2.81 bits per heavy atom. The highest BCUT2D eigenvalue weighted by Gasteiger charge is 2.27. The fraction of sp³-hybridized carbons (Fsp3) is 0.400. The first-order chi connectivity index (χ1) is 13.2. The smallest absolute Gasteiger partial charge is 0.263 e. The van der Waals surface area contributed by atoms with E-state index in [9.17, 15) is 4.79 Å². The lowest BCUT2D eigenvalue weighted by molar-refractivity contribution is -0.120. The fourth-order valence-corrected chi connectivity index (χ4v) is 3.68. The first kappa shape index (κ1) is 17.5. The van der Waals surface area contributed by atoms with Crippen molar-refractivity contribution in [3.8, 4) is 0 Å². The van der Waals surface area contributed by atoms with Gasteiger partial charge in [-0.3, -0.25) is 4.79 Å². The minimum Gasteiger partial charge on any atom is -0.356 e. The zero-order valence-electron chi connectivity index (χ0n) is 15.6. The number of hydrogen-bond acceptors (Lipinski definition) is 6. The number of benzene rings is 1. The van der Waals surface area contributed by atoms with Gasteiger partial charge in [0.1, 0.15) is 17.5 Å². The van der Waals surface area contributed by atoms with Crippen molar-refractivity contribution in [1.82, 2.24) is 15.1 Å². The summed E-state index contributed by atoms with van der Waals surface area (Å²) in [5, 5.41) is 7.96. The Bertz CT molecular complexity index is 960. The van der Waals surface area contributed by atoms with Gasteiger partial charge in [-0.1, -0.05) is 30.3 Å². The van der Waals surface area contributed by atoms with E-state index in [0.29, 0.717) is 5.71 Å². The molecule has 1 aliphatic heterocycles. The molecule has 0 spiro atoms. The van der Waals surface area contributed by atoms with Crippen LogP contribution < -0.4 is 10.2 Å². The maximum absolute atomic E-state index is 12.7. The molecule has 7 nitrogen and oxygen atoms in total. The van der Waals surface area contributed by atoms with Gasteiger partial charge in [0.05, 0.1) is 5.69 Å². The first-order valence-electron chi connectivity index (χ1n) is 9.38. The van der Waals surface area contributed by atoms with Crippen LogP contribution >= 0.6 is 0 Å². The minimum absolute atomic E-state index is 0.00654. The lowest BCUT2D eigenvalue weighted by Crippen LogP contribution is -2.38. The molecule has 1 amide bonds. The fourth-order valence-electron chi connectivity index (χ4n) is 3.68. The summed E-state index contributed by atoms with van der Waals surface area (Å²) in [4.78, 5) is 23.5. The third kappa shape index (κ3) is 3.37. The topological polar surface area (TPSA) is 84.2 Å². The van der Waals surface area contributed by atoms with Gasteiger partial charge in [0.15, 0.2) is 0 Å². The standard InChI is InChI=1S/C20H23N5O2/c1-3-14-6-4-5-7-16(14)23-19(26)15-8-10-25(11-9-15)18-17-13(2)24-27-20(17)22-12-21-18/h4-7,12,15H,3,8-11H2,1-2H3,(H,23,26). The molecule has 0 radical (unpaired) electrons. The Morgan fingerprint density at radius 2 is 2.04 bits per heavy atom. The summed E-state index contributed by atoms with van der Waals surface area (Å²) in [5.74, 6) is 0.950. The third-order valence-corrected chi connectivity index (χ3v) is 5.24. The van der Waals surface area contributed by atoms with Gasteiger partial charge >= 0.3 is 0 Å². The second-order valence-corrected chi connectivity index (χ2v) is 6.91. The zero-order valence-corrected chi connectivity index (χ0v) is 15.6. The molecule has 27 heavy (non-hydrogen) atoms. The molecule has 3 aromatic rings. The maximum atomic E-state index is 12.7. The molecule has 0 saturated carbocycles. The van der Waals surface area contributed by atoms with Gasteiger partial charge in [0, 0.05) is 24.7 Å². The van der Waals surface area contributed by atoms with Crippen molar-refractivity contribution >= 4 is 28.5 Å². The number of piperidine rings is 1. The van der Waals surface area contributed by atoms with Gasteiger partial charge in [-0.25, -0.2) is 4.98 Å². The average molecular weight is 365 g/mol. The van der Waals surface area contributed by atoms with E-state index >= 15 is 0 Å². The van der Waals surface area contributed by atoms with Gasteiger partial charge in [-0.05, 0) is 37.8 Å². The molecule has 1 aliphatic rings. The quantitative estimate of drug-likeness (QED) is 0.763. The number of fused-ring (bicyclic) bond motifs is 1. The summed E-state index contributed by atoms with van der Waals surface area (Å²) >= 11 is 0. The van der Waals surface area contributed by atoms with Crippen molar-refractivity contribution in [1.29, 1.82) is 0 Å². The lowest BCUT2D eigenvalue weighted by atomic mass is 9.95. The van der Waals surface area contributed by atoms with Crippen LogP contribution in [0, 0.1) is 12.8 Å². The third-order valence-electron chi connectivity index (χ3n) is 5.24. The average Bonchev–Trinajstić information content (AvgIpc) is 3.10. The second kappa shape index (κ2) is 7.34. The predicted octanol–water partition coefficient (Wildman–Crippen LogP) is 3.34. The zero-order chi connectivity index (χ0) is 18.8. The summed E-state index contributed by atoms with van der Waals surface area (Å²) in [6, 6.07) is 7.99. The largest absolute Gasteiger partial charge is 0.356 e. The van der Waals surface area contributed by atoms with E-state index in [4.69, 9.17) is 4.52 Å². The Balaban J connectivity index is 1.44. The normalized spacial score (nSPS) is 15.3. The molecular weight excluding hydrogens is 342 g/mol. The van der Waals surface area contributed by atoms with E-state index in [1.165, 1.54) is 6.33 Å². The number of rotatable bonds is 4. The molecular formula is C20H23N5O2. The van der Waals surface area contributed by atoms with Gasteiger partial charge < -0.3 is 14.7 Å². The van der Waals surface area contributed by atoms with Crippen molar-refractivity contribution in [2.24, 2.45) is 5.92 Å². The van der Waals surface area contributed by atoms with Crippen LogP contribution in [0.15, 0.2) is 35.1 Å². The molecule has 7 heteroatoms. The highest BCUT2D eigenvalue weighted by atomic mass is 16.5. The SMILES string of the molecule is CCc1ccccc1NC(=O)C1CCN(c2ncnc3onc(C)c23)CC1. The second-order valence-electron chi connectivity index (χ2n) is 6.91. The number of nitrogens with zero attached hydrogens (tertiary/aromatic N) is 4. The molecule has 1 saturated heterocycles. The van der Waals surface area contributed by atoms with Crippen LogP contribution in [0.3, 0.4) is 0 Å². The molecule has 1 aromatic carbocycles. The van der Waals surface area contributed by atoms with Crippen molar-refractivity contribution in [3.05, 3.63) is 41.9 Å². The lowest BCUT2D eigenvalue weighted by Gasteiger charge is -2.32. The van der Waals surface area contributed by atoms with E-state index in [2.05, 4.69) is 38.3 Å². The van der Waals surface area contributed by atoms with Crippen LogP contribution in [0.1, 0.15) is 31.0 Å². The highest BCUT2D eigenvalue weighted by molar-refractivity contribution is 5.93. The highest BCUT2D eigenvalue weighted by Crippen LogP contribution is 2.30. The van der Waals surface area contributed by atoms with E-state index in [1.54, 1.807) is 0 Å². The van der Waals surface area contributed by atoms with Gasteiger partial charge in [0.25, 0.3) is 5.71 Å². The molecule has 1 fully saturated rings. The van der Waals surface area contributed by atoms with Crippen molar-refractivity contribution in [3.63, 3.8) is 0 Å². The van der Waals surface area contributed by atoms with Gasteiger partial charge in [-0.2, -0.15) is 4.98 Å². The molecule has 3 heterocycles. The molecule has 0 atom stereocenters. The predicted molar refractivity (Wildman–Crippen MR) is 104 cm³/mol. The number of aryl methyl sites for hydroxylation is 2. The minimum atomic E-state index is 0.00654. The Hall–Kier alpha value is -2.96. The van der Waals surface area contributed by atoms with Crippen molar-refractivity contribution < 1.29 is 9.32 Å². The summed E-state index contributed by atoms with van der Waals surface area (Å²) < 4.78 is 5.24. The van der Waals surface area contributed by atoms with Crippen LogP contribution in [0.4, 0.5) is 11.5 Å². The van der Waals surface area contributed by atoms with E-state index < -0.39 is 0 Å². The maximum Gasteiger partial charge on any atom is 0.263 e. The van der Waals surface area contributed by atoms with Crippen molar-refractivity contribution in [2.75, 3.05) is 23.3 Å². The number of nitrogens with one attached hydrogen (secondary N) is 1. The van der Waals surface area contributed by atoms with E-state index in [-0.39, 0.29) is 11.8 Å². The Kier molecular flexibility index (Phi) is 4.75. The number of carbonyl (C=O) groups is 1. The molecule has 2 aromatic heterocycles. The van der Waals surface area contributed by atoms with Gasteiger partial charge in [0.2, 0.25) is 5.91 Å². The first-order valence-corrected chi connectivity index (χ1v) is 9.38. The van der Waals surface area contributed by atoms with Crippen LogP contribution in [0.25, 0.3) is 11.1 Å². The molecule has 0 unspecified atom stereocenters.